The molecular formula is C16H24N2O3. The van der Waals surface area contributed by atoms with Crippen LogP contribution in [-0.2, 0) is 4.79 Å². The quantitative estimate of drug-likeness (QED) is 0.317. The third kappa shape index (κ3) is 6.31. The Hall–Kier alpha value is -2.01. The van der Waals surface area contributed by atoms with Crippen molar-refractivity contribution < 1.29 is 14.3 Å². The predicted molar refractivity (Wildman–Crippen MR) is 84.0 cm³/mol. The van der Waals surface area contributed by atoms with Crippen LogP contribution in [0.5, 0.6) is 11.5 Å². The summed E-state index contributed by atoms with van der Waals surface area (Å²) >= 11 is 0. The molecule has 0 saturated carbocycles. The second kappa shape index (κ2) is 9.83. The summed E-state index contributed by atoms with van der Waals surface area (Å²) < 4.78 is 11.1. The topological polar surface area (TPSA) is 73.6 Å². The van der Waals surface area contributed by atoms with Gasteiger partial charge in [0.25, 0.3) is 0 Å². The smallest absolute Gasteiger partial charge is 0.233 e. The molecule has 0 atom stereocenters. The van der Waals surface area contributed by atoms with Gasteiger partial charge in [0.2, 0.25) is 5.91 Å². The van der Waals surface area contributed by atoms with E-state index in [-0.39, 0.29) is 5.91 Å². The molecule has 0 aliphatic carbocycles. The fraction of sp³-hybridized carbons (Fsp3) is 0.438. The van der Waals surface area contributed by atoms with Crippen LogP contribution in [0.4, 0.5) is 0 Å². The van der Waals surface area contributed by atoms with Gasteiger partial charge < -0.3 is 9.47 Å². The van der Waals surface area contributed by atoms with Gasteiger partial charge in [-0.15, -0.1) is 0 Å². The molecular weight excluding hydrogens is 268 g/mol. The van der Waals surface area contributed by atoms with E-state index in [1.165, 1.54) is 0 Å². The van der Waals surface area contributed by atoms with Crippen molar-refractivity contribution >= 4 is 12.0 Å². The van der Waals surface area contributed by atoms with Crippen LogP contribution < -0.4 is 20.7 Å². The molecule has 1 rings (SSSR count). The molecule has 116 valence electrons. The number of carbonyl (C=O) groups excluding carboxylic acids is 1. The van der Waals surface area contributed by atoms with Crippen LogP contribution >= 0.6 is 0 Å². The molecule has 0 saturated heterocycles. The third-order valence-electron chi connectivity index (χ3n) is 3.01. The lowest BCUT2D eigenvalue weighted by Crippen LogP contribution is -2.29. The van der Waals surface area contributed by atoms with Crippen molar-refractivity contribution in [3.05, 3.63) is 29.8 Å². The fourth-order valence-electron chi connectivity index (χ4n) is 1.92. The Morgan fingerprint density at radius 1 is 1.29 bits per heavy atom. The third-order valence-corrected chi connectivity index (χ3v) is 3.01. The number of hydrogen-bond donors (Lipinski definition) is 2. The van der Waals surface area contributed by atoms with Gasteiger partial charge in [-0.05, 0) is 43.9 Å². The number of methoxy groups -OCH3 is 1. The largest absolute Gasteiger partial charge is 0.493 e. The predicted octanol–water partition coefficient (Wildman–Crippen LogP) is 2.66. The maximum Gasteiger partial charge on any atom is 0.233 e. The number of ether oxygens (including phenoxy) is 2. The van der Waals surface area contributed by atoms with Crippen molar-refractivity contribution in [1.82, 2.24) is 5.43 Å². The molecule has 0 aromatic heterocycles. The summed E-state index contributed by atoms with van der Waals surface area (Å²) in [6.45, 7) is 2.57. The Morgan fingerprint density at radius 2 is 2.10 bits per heavy atom. The first kappa shape index (κ1) is 17.0. The van der Waals surface area contributed by atoms with Crippen molar-refractivity contribution in [2.75, 3.05) is 13.7 Å². The SMILES string of the molecule is CC=Cc1ccc(OCCCCCC(=O)NN)c(OC)c1. The number of amides is 1. The summed E-state index contributed by atoms with van der Waals surface area (Å²) in [7, 11) is 1.63. The number of unbranched alkanes of at least 4 members (excludes halogenated alkanes) is 2. The van der Waals surface area contributed by atoms with Crippen LogP contribution in [0.25, 0.3) is 6.08 Å². The highest BCUT2D eigenvalue weighted by Gasteiger charge is 2.05. The van der Waals surface area contributed by atoms with Gasteiger partial charge in [0, 0.05) is 6.42 Å². The van der Waals surface area contributed by atoms with E-state index in [0.717, 1.165) is 36.3 Å². The van der Waals surface area contributed by atoms with Crippen LogP contribution in [-0.4, -0.2) is 19.6 Å². The summed E-state index contributed by atoms with van der Waals surface area (Å²) in [5, 5.41) is 0. The fourth-order valence-corrected chi connectivity index (χ4v) is 1.92. The average Bonchev–Trinajstić information content (AvgIpc) is 2.51. The highest BCUT2D eigenvalue weighted by atomic mass is 16.5. The molecule has 1 amide bonds. The lowest BCUT2D eigenvalue weighted by molar-refractivity contribution is -0.121. The first-order valence-corrected chi connectivity index (χ1v) is 7.14. The molecule has 3 N–H and O–H groups in total. The Labute approximate surface area is 126 Å². The molecule has 1 aromatic carbocycles. The minimum atomic E-state index is -0.128. The van der Waals surface area contributed by atoms with Gasteiger partial charge in [-0.1, -0.05) is 18.2 Å². The second-order valence-electron chi connectivity index (χ2n) is 4.64. The van der Waals surface area contributed by atoms with E-state index >= 15 is 0 Å². The first-order valence-electron chi connectivity index (χ1n) is 7.14. The molecule has 5 heteroatoms. The van der Waals surface area contributed by atoms with Gasteiger partial charge in [-0.2, -0.15) is 0 Å². The van der Waals surface area contributed by atoms with Gasteiger partial charge in [0.15, 0.2) is 11.5 Å². The molecule has 5 nitrogen and oxygen atoms in total. The number of hydrazine groups is 1. The molecule has 21 heavy (non-hydrogen) atoms. The van der Waals surface area contributed by atoms with E-state index in [0.29, 0.717) is 13.0 Å². The van der Waals surface area contributed by atoms with Crippen molar-refractivity contribution in [1.29, 1.82) is 0 Å². The monoisotopic (exact) mass is 292 g/mol. The Morgan fingerprint density at radius 3 is 2.76 bits per heavy atom. The maximum atomic E-state index is 10.9. The summed E-state index contributed by atoms with van der Waals surface area (Å²) in [5.41, 5.74) is 3.20. The Balaban J connectivity index is 2.36. The zero-order valence-corrected chi connectivity index (χ0v) is 12.7. The molecule has 0 heterocycles. The zero-order valence-electron chi connectivity index (χ0n) is 12.7. The van der Waals surface area contributed by atoms with Crippen LogP contribution in [0, 0.1) is 0 Å². The molecule has 0 spiro atoms. The number of carbonyl (C=O) groups is 1. The summed E-state index contributed by atoms with van der Waals surface area (Å²) in [6, 6.07) is 5.85. The van der Waals surface area contributed by atoms with E-state index < -0.39 is 0 Å². The number of benzene rings is 1. The Kier molecular flexibility index (Phi) is 7.97. The lowest BCUT2D eigenvalue weighted by atomic mass is 10.2. The van der Waals surface area contributed by atoms with Crippen LogP contribution in [0.1, 0.15) is 38.2 Å². The number of hydrogen-bond acceptors (Lipinski definition) is 4. The number of nitrogens with one attached hydrogen (secondary N) is 1. The molecule has 1 aromatic rings. The zero-order chi connectivity index (χ0) is 15.5. The lowest BCUT2D eigenvalue weighted by Gasteiger charge is -2.11. The van der Waals surface area contributed by atoms with E-state index in [1.807, 2.05) is 37.3 Å². The van der Waals surface area contributed by atoms with Gasteiger partial charge in [-0.25, -0.2) is 5.84 Å². The molecule has 0 aliphatic heterocycles. The Bertz CT molecular complexity index is 473. The van der Waals surface area contributed by atoms with Gasteiger partial charge in [0.05, 0.1) is 13.7 Å². The van der Waals surface area contributed by atoms with Crippen molar-refractivity contribution in [3.8, 4) is 11.5 Å². The maximum absolute atomic E-state index is 10.9. The van der Waals surface area contributed by atoms with Crippen molar-refractivity contribution in [2.45, 2.75) is 32.6 Å². The van der Waals surface area contributed by atoms with Crippen molar-refractivity contribution in [2.24, 2.45) is 5.84 Å². The van der Waals surface area contributed by atoms with E-state index in [4.69, 9.17) is 15.3 Å². The van der Waals surface area contributed by atoms with E-state index in [9.17, 15) is 4.79 Å². The summed E-state index contributed by atoms with van der Waals surface area (Å²) in [4.78, 5) is 10.9. The molecule has 0 unspecified atom stereocenters. The summed E-state index contributed by atoms with van der Waals surface area (Å²) in [5.74, 6) is 6.35. The highest BCUT2D eigenvalue weighted by molar-refractivity contribution is 5.75. The molecule has 0 aliphatic rings. The minimum absolute atomic E-state index is 0.128. The van der Waals surface area contributed by atoms with Crippen LogP contribution in [0.2, 0.25) is 0 Å². The number of rotatable bonds is 9. The molecule has 0 bridgehead atoms. The van der Waals surface area contributed by atoms with Gasteiger partial charge in [0.1, 0.15) is 0 Å². The minimum Gasteiger partial charge on any atom is -0.493 e. The molecule has 0 radical (unpaired) electrons. The second-order valence-corrected chi connectivity index (χ2v) is 4.64. The molecule has 0 fully saturated rings. The van der Waals surface area contributed by atoms with Crippen LogP contribution in [0.15, 0.2) is 24.3 Å². The normalized spacial score (nSPS) is 10.6. The van der Waals surface area contributed by atoms with Gasteiger partial charge in [-0.3, -0.25) is 10.2 Å². The van der Waals surface area contributed by atoms with Crippen LogP contribution in [0.3, 0.4) is 0 Å². The first-order chi connectivity index (χ1) is 10.2. The average molecular weight is 292 g/mol. The van der Waals surface area contributed by atoms with E-state index in [1.54, 1.807) is 7.11 Å². The number of nitrogens with two attached hydrogens (primary N) is 1. The van der Waals surface area contributed by atoms with E-state index in [2.05, 4.69) is 5.43 Å². The summed E-state index contributed by atoms with van der Waals surface area (Å²) in [6.07, 6.45) is 7.06. The standard InChI is InChI=1S/C16H24N2O3/c1-3-7-13-9-10-14(15(12-13)20-2)21-11-6-4-5-8-16(19)18-17/h3,7,9-10,12H,4-6,8,11,17H2,1-2H3,(H,18,19). The highest BCUT2D eigenvalue weighted by Crippen LogP contribution is 2.28. The number of allylic oxidation sites excluding steroid dienone is 1. The van der Waals surface area contributed by atoms with Gasteiger partial charge >= 0.3 is 0 Å². The van der Waals surface area contributed by atoms with Crippen molar-refractivity contribution in [3.63, 3.8) is 0 Å².